The summed E-state index contributed by atoms with van der Waals surface area (Å²) in [5.41, 5.74) is 0.430. The summed E-state index contributed by atoms with van der Waals surface area (Å²) in [6, 6.07) is 3.51. The Morgan fingerprint density at radius 3 is 3.00 bits per heavy atom. The Balaban J connectivity index is 2.17. The van der Waals surface area contributed by atoms with Crippen molar-refractivity contribution >= 4 is 17.5 Å². The molecule has 5 heteroatoms. The number of aromatic nitrogens is 1. The summed E-state index contributed by atoms with van der Waals surface area (Å²) in [6.07, 6.45) is 2.57. The number of hydrogen-bond acceptors (Lipinski definition) is 3. The van der Waals surface area contributed by atoms with Crippen molar-refractivity contribution in [2.24, 2.45) is 0 Å². The summed E-state index contributed by atoms with van der Waals surface area (Å²) < 4.78 is 0. The Labute approximate surface area is 113 Å². The van der Waals surface area contributed by atoms with E-state index in [2.05, 4.69) is 23.9 Å². The van der Waals surface area contributed by atoms with E-state index in [-0.39, 0.29) is 11.9 Å². The predicted molar refractivity (Wildman–Crippen MR) is 71.9 cm³/mol. The molecule has 0 radical (unpaired) electrons. The zero-order valence-electron chi connectivity index (χ0n) is 10.8. The quantitative estimate of drug-likeness (QED) is 0.780. The zero-order valence-corrected chi connectivity index (χ0v) is 11.5. The monoisotopic (exact) mass is 267 g/mol. The van der Waals surface area contributed by atoms with Gasteiger partial charge in [-0.1, -0.05) is 11.6 Å². The second-order valence-corrected chi connectivity index (χ2v) is 5.26. The van der Waals surface area contributed by atoms with Crippen LogP contribution in [0.25, 0.3) is 0 Å². The molecule has 0 aromatic carbocycles. The van der Waals surface area contributed by atoms with E-state index in [1.807, 2.05) is 4.90 Å². The van der Waals surface area contributed by atoms with Crippen LogP contribution in [0.1, 0.15) is 23.8 Å². The third-order valence-corrected chi connectivity index (χ3v) is 3.48. The molecule has 1 aromatic rings. The third-order valence-electron chi connectivity index (χ3n) is 3.25. The normalized spacial score (nSPS) is 21.7. The lowest BCUT2D eigenvalue weighted by Gasteiger charge is -2.27. The molecule has 1 saturated heterocycles. The van der Waals surface area contributed by atoms with E-state index in [0.717, 1.165) is 26.1 Å². The van der Waals surface area contributed by atoms with Crippen LogP contribution >= 0.6 is 11.6 Å². The van der Waals surface area contributed by atoms with Crippen LogP contribution < -0.4 is 0 Å². The van der Waals surface area contributed by atoms with Gasteiger partial charge in [-0.15, -0.1) is 0 Å². The molecule has 98 valence electrons. The maximum atomic E-state index is 12.4. The maximum absolute atomic E-state index is 12.4. The highest BCUT2D eigenvalue weighted by Crippen LogP contribution is 2.14. The van der Waals surface area contributed by atoms with Gasteiger partial charge in [-0.3, -0.25) is 9.78 Å². The largest absolute Gasteiger partial charge is 0.333 e. The molecule has 1 unspecified atom stereocenters. The summed E-state index contributed by atoms with van der Waals surface area (Å²) in [5.74, 6) is -0.0275. The molecule has 0 spiro atoms. The third kappa shape index (κ3) is 3.00. The zero-order chi connectivity index (χ0) is 13.1. The fraction of sp³-hybridized carbons (Fsp3) is 0.538. The summed E-state index contributed by atoms with van der Waals surface area (Å²) >= 11 is 5.90. The first-order valence-electron chi connectivity index (χ1n) is 6.19. The standard InChI is InChI=1S/C13H18ClN3O/c1-10-9-16(2)6-3-7-17(10)13(18)12-8-11(14)4-5-15-12/h4-5,8,10H,3,6-7,9H2,1-2H3. The van der Waals surface area contributed by atoms with Crippen molar-refractivity contribution in [3.63, 3.8) is 0 Å². The summed E-state index contributed by atoms with van der Waals surface area (Å²) in [6.45, 7) is 4.77. The molecule has 1 amide bonds. The van der Waals surface area contributed by atoms with E-state index in [1.54, 1.807) is 18.3 Å². The molecule has 0 aliphatic carbocycles. The number of carbonyl (C=O) groups excluding carboxylic acids is 1. The lowest BCUT2D eigenvalue weighted by atomic mass is 10.2. The van der Waals surface area contributed by atoms with Crippen LogP contribution in [-0.4, -0.2) is 53.4 Å². The molecular weight excluding hydrogens is 250 g/mol. The topological polar surface area (TPSA) is 36.4 Å². The molecule has 18 heavy (non-hydrogen) atoms. The van der Waals surface area contributed by atoms with Gasteiger partial charge in [-0.25, -0.2) is 0 Å². The second-order valence-electron chi connectivity index (χ2n) is 4.82. The Morgan fingerprint density at radius 1 is 1.50 bits per heavy atom. The minimum Gasteiger partial charge on any atom is -0.333 e. The minimum atomic E-state index is -0.0275. The Hall–Kier alpha value is -1.13. The highest BCUT2D eigenvalue weighted by atomic mass is 35.5. The van der Waals surface area contributed by atoms with Crippen molar-refractivity contribution in [2.45, 2.75) is 19.4 Å². The molecular formula is C13H18ClN3O. The van der Waals surface area contributed by atoms with E-state index in [4.69, 9.17) is 11.6 Å². The molecule has 1 aliphatic heterocycles. The van der Waals surface area contributed by atoms with Crippen molar-refractivity contribution in [3.05, 3.63) is 29.0 Å². The molecule has 1 aliphatic rings. The Morgan fingerprint density at radius 2 is 2.28 bits per heavy atom. The lowest BCUT2D eigenvalue weighted by molar-refractivity contribution is 0.0690. The SMILES string of the molecule is CC1CN(C)CCCN1C(=O)c1cc(Cl)ccn1. The first-order chi connectivity index (χ1) is 8.58. The number of hydrogen-bond donors (Lipinski definition) is 0. The van der Waals surface area contributed by atoms with E-state index < -0.39 is 0 Å². The van der Waals surface area contributed by atoms with Crippen LogP contribution in [0.2, 0.25) is 5.02 Å². The van der Waals surface area contributed by atoms with E-state index >= 15 is 0 Å². The van der Waals surface area contributed by atoms with E-state index in [0.29, 0.717) is 10.7 Å². The molecule has 4 nitrogen and oxygen atoms in total. The molecule has 1 fully saturated rings. The van der Waals surface area contributed by atoms with Crippen LogP contribution in [0.4, 0.5) is 0 Å². The fourth-order valence-electron chi connectivity index (χ4n) is 2.34. The average molecular weight is 268 g/mol. The maximum Gasteiger partial charge on any atom is 0.272 e. The van der Waals surface area contributed by atoms with Crippen LogP contribution in [0.3, 0.4) is 0 Å². The van der Waals surface area contributed by atoms with Crippen molar-refractivity contribution in [1.82, 2.24) is 14.8 Å². The first kappa shape index (κ1) is 13.3. The van der Waals surface area contributed by atoms with Gasteiger partial charge in [0, 0.05) is 30.4 Å². The van der Waals surface area contributed by atoms with Gasteiger partial charge in [0.1, 0.15) is 5.69 Å². The highest BCUT2D eigenvalue weighted by Gasteiger charge is 2.25. The van der Waals surface area contributed by atoms with E-state index in [1.165, 1.54) is 0 Å². The molecule has 2 rings (SSSR count). The van der Waals surface area contributed by atoms with Crippen molar-refractivity contribution < 1.29 is 4.79 Å². The highest BCUT2D eigenvalue weighted by molar-refractivity contribution is 6.30. The Bertz CT molecular complexity index is 438. The number of amides is 1. The van der Waals surface area contributed by atoms with Gasteiger partial charge in [-0.2, -0.15) is 0 Å². The van der Waals surface area contributed by atoms with Gasteiger partial charge in [-0.05, 0) is 39.1 Å². The first-order valence-corrected chi connectivity index (χ1v) is 6.57. The fourth-order valence-corrected chi connectivity index (χ4v) is 2.50. The van der Waals surface area contributed by atoms with E-state index in [9.17, 15) is 4.79 Å². The van der Waals surface area contributed by atoms with Crippen LogP contribution in [0, 0.1) is 0 Å². The Kier molecular flexibility index (Phi) is 4.19. The van der Waals surface area contributed by atoms with Crippen LogP contribution in [0.15, 0.2) is 18.3 Å². The number of nitrogens with zero attached hydrogens (tertiary/aromatic N) is 3. The lowest BCUT2D eigenvalue weighted by Crippen LogP contribution is -2.42. The van der Waals surface area contributed by atoms with Gasteiger partial charge >= 0.3 is 0 Å². The molecule has 1 aromatic heterocycles. The number of pyridine rings is 1. The predicted octanol–water partition coefficient (Wildman–Crippen LogP) is 1.90. The second kappa shape index (κ2) is 5.67. The molecule has 1 atom stereocenters. The van der Waals surface area contributed by atoms with Gasteiger partial charge in [0.2, 0.25) is 0 Å². The summed E-state index contributed by atoms with van der Waals surface area (Å²) in [4.78, 5) is 20.7. The minimum absolute atomic E-state index is 0.0275. The molecule has 0 N–H and O–H groups in total. The number of halogens is 1. The van der Waals surface area contributed by atoms with Gasteiger partial charge in [0.25, 0.3) is 5.91 Å². The van der Waals surface area contributed by atoms with Gasteiger partial charge in [0.15, 0.2) is 0 Å². The number of rotatable bonds is 1. The molecule has 2 heterocycles. The average Bonchev–Trinajstić information content (AvgIpc) is 2.49. The van der Waals surface area contributed by atoms with Crippen molar-refractivity contribution in [1.29, 1.82) is 0 Å². The van der Waals surface area contributed by atoms with Crippen molar-refractivity contribution in [2.75, 3.05) is 26.7 Å². The van der Waals surface area contributed by atoms with Gasteiger partial charge < -0.3 is 9.80 Å². The molecule has 0 saturated carbocycles. The molecule has 0 bridgehead atoms. The smallest absolute Gasteiger partial charge is 0.272 e. The van der Waals surface area contributed by atoms with Crippen molar-refractivity contribution in [3.8, 4) is 0 Å². The van der Waals surface area contributed by atoms with Crippen LogP contribution in [-0.2, 0) is 0 Å². The number of likely N-dealkylation sites (N-methyl/N-ethyl adjacent to an activating group) is 1. The van der Waals surface area contributed by atoms with Gasteiger partial charge in [0.05, 0.1) is 0 Å². The summed E-state index contributed by atoms with van der Waals surface area (Å²) in [5, 5.41) is 0.549. The van der Waals surface area contributed by atoms with Crippen LogP contribution in [0.5, 0.6) is 0 Å². The number of carbonyl (C=O) groups is 1. The summed E-state index contributed by atoms with van der Waals surface area (Å²) in [7, 11) is 2.09.